The summed E-state index contributed by atoms with van der Waals surface area (Å²) in [6, 6.07) is -0.637. The van der Waals surface area contributed by atoms with Gasteiger partial charge in [0.2, 0.25) is 5.91 Å². The fourth-order valence-electron chi connectivity index (χ4n) is 10.1. The lowest BCUT2D eigenvalue weighted by atomic mass is 10.0. The maximum atomic E-state index is 12.5. The third kappa shape index (κ3) is 55.8. The van der Waals surface area contributed by atoms with Crippen LogP contribution >= 0.6 is 0 Å². The summed E-state index contributed by atoms with van der Waals surface area (Å²) >= 11 is 0. The molecule has 2 atom stereocenters. The molecule has 0 rings (SSSR count). The van der Waals surface area contributed by atoms with Gasteiger partial charge in [-0.15, -0.1) is 0 Å². The maximum Gasteiger partial charge on any atom is 0.220 e. The lowest BCUT2D eigenvalue weighted by molar-refractivity contribution is -0.123. The van der Waals surface area contributed by atoms with E-state index in [4.69, 9.17) is 0 Å². The van der Waals surface area contributed by atoms with Crippen molar-refractivity contribution in [2.24, 2.45) is 0 Å². The average Bonchev–Trinajstić information content (AvgIpc) is 3.34. The second-order valence-electron chi connectivity index (χ2n) is 21.8. The lowest BCUT2D eigenvalue weighted by Crippen LogP contribution is -2.45. The van der Waals surface area contributed by atoms with Gasteiger partial charge in [0, 0.05) is 6.42 Å². The summed E-state index contributed by atoms with van der Waals surface area (Å²) < 4.78 is 0. The van der Waals surface area contributed by atoms with Crippen LogP contribution in [0.2, 0.25) is 0 Å². The zero-order valence-corrected chi connectivity index (χ0v) is 46.7. The number of rotatable bonds is 59. The SMILES string of the molecule is CCCCCCCCCCCCCCCCCCCCCC/C=C/CC/C=C/C(O)C(CO)NC(=O)CCCCCCCCCCCCCCCCCCCCCCCCCCCCCCCC. The van der Waals surface area contributed by atoms with Gasteiger partial charge in [-0.1, -0.05) is 346 Å². The fraction of sp³-hybridized carbons (Fsp3) is 0.922. The van der Waals surface area contributed by atoms with Crippen LogP contribution in [0, 0.1) is 0 Å². The van der Waals surface area contributed by atoms with E-state index < -0.39 is 12.1 Å². The quantitative estimate of drug-likeness (QED) is 0.0420. The van der Waals surface area contributed by atoms with Gasteiger partial charge in [0.05, 0.1) is 18.8 Å². The largest absolute Gasteiger partial charge is 0.394 e. The molecule has 0 aromatic heterocycles. The van der Waals surface area contributed by atoms with Crippen LogP contribution in [-0.2, 0) is 4.79 Å². The molecule has 0 saturated heterocycles. The minimum Gasteiger partial charge on any atom is -0.394 e. The maximum absolute atomic E-state index is 12.5. The van der Waals surface area contributed by atoms with E-state index in [9.17, 15) is 15.0 Å². The molecule has 0 aromatic rings. The van der Waals surface area contributed by atoms with Crippen LogP contribution in [0.5, 0.6) is 0 Å². The Morgan fingerprint density at radius 2 is 0.574 bits per heavy atom. The van der Waals surface area contributed by atoms with Crippen LogP contribution in [0.4, 0.5) is 0 Å². The first-order chi connectivity index (χ1) is 33.7. The Hall–Kier alpha value is -1.13. The molecule has 2 unspecified atom stereocenters. The number of amides is 1. The third-order valence-electron chi connectivity index (χ3n) is 14.9. The summed E-state index contributed by atoms with van der Waals surface area (Å²) in [6.07, 6.45) is 81.0. The third-order valence-corrected chi connectivity index (χ3v) is 14.9. The van der Waals surface area contributed by atoms with Gasteiger partial charge < -0.3 is 15.5 Å². The van der Waals surface area contributed by atoms with Crippen LogP contribution in [0.1, 0.15) is 361 Å². The summed E-state index contributed by atoms with van der Waals surface area (Å²) in [6.45, 7) is 4.35. The number of nitrogens with one attached hydrogen (secondary N) is 1. The van der Waals surface area contributed by atoms with Crippen molar-refractivity contribution in [1.82, 2.24) is 5.32 Å². The predicted octanol–water partition coefficient (Wildman–Crippen LogP) is 21.0. The highest BCUT2D eigenvalue weighted by atomic mass is 16.3. The van der Waals surface area contributed by atoms with Crippen molar-refractivity contribution >= 4 is 5.91 Å². The van der Waals surface area contributed by atoms with Gasteiger partial charge >= 0.3 is 0 Å². The molecule has 0 aliphatic rings. The molecule has 1 amide bonds. The van der Waals surface area contributed by atoms with Crippen molar-refractivity contribution in [2.75, 3.05) is 6.61 Å². The van der Waals surface area contributed by atoms with Crippen molar-refractivity contribution in [2.45, 2.75) is 373 Å². The smallest absolute Gasteiger partial charge is 0.220 e. The number of carbonyl (C=O) groups is 1. The minimum absolute atomic E-state index is 0.0651. The van der Waals surface area contributed by atoms with Gasteiger partial charge in [-0.05, 0) is 32.1 Å². The molecular weight excluding hydrogens is 831 g/mol. The Morgan fingerprint density at radius 1 is 0.338 bits per heavy atom. The first-order valence-corrected chi connectivity index (χ1v) is 31.6. The number of carbonyl (C=O) groups excluding carboxylic acids is 1. The molecule has 4 nitrogen and oxygen atoms in total. The van der Waals surface area contributed by atoms with E-state index in [-0.39, 0.29) is 12.5 Å². The van der Waals surface area contributed by atoms with Crippen LogP contribution < -0.4 is 5.32 Å². The first-order valence-electron chi connectivity index (χ1n) is 31.6. The molecule has 4 heteroatoms. The summed E-state index contributed by atoms with van der Waals surface area (Å²) in [5, 5.41) is 23.2. The van der Waals surface area contributed by atoms with E-state index in [1.807, 2.05) is 6.08 Å². The van der Waals surface area contributed by atoms with Gasteiger partial charge in [-0.3, -0.25) is 4.79 Å². The van der Waals surface area contributed by atoms with E-state index in [1.54, 1.807) is 6.08 Å². The molecule has 68 heavy (non-hydrogen) atoms. The lowest BCUT2D eigenvalue weighted by Gasteiger charge is -2.19. The van der Waals surface area contributed by atoms with Crippen LogP contribution in [0.25, 0.3) is 0 Å². The van der Waals surface area contributed by atoms with Crippen molar-refractivity contribution in [3.05, 3.63) is 24.3 Å². The van der Waals surface area contributed by atoms with E-state index >= 15 is 0 Å². The van der Waals surface area contributed by atoms with Gasteiger partial charge in [0.15, 0.2) is 0 Å². The van der Waals surface area contributed by atoms with Crippen LogP contribution in [-0.4, -0.2) is 34.9 Å². The highest BCUT2D eigenvalue weighted by Crippen LogP contribution is 2.19. The molecule has 0 radical (unpaired) electrons. The monoisotopic (exact) mass is 956 g/mol. The highest BCUT2D eigenvalue weighted by molar-refractivity contribution is 5.76. The normalized spacial score (nSPS) is 12.8. The Kier molecular flexibility index (Phi) is 59.2. The predicted molar refractivity (Wildman–Crippen MR) is 304 cm³/mol. The molecule has 0 aliphatic carbocycles. The Morgan fingerprint density at radius 3 is 0.853 bits per heavy atom. The Balaban J connectivity index is 3.45. The number of unbranched alkanes of at least 4 members (excludes halogenated alkanes) is 50. The van der Waals surface area contributed by atoms with Crippen molar-refractivity contribution < 1.29 is 15.0 Å². The van der Waals surface area contributed by atoms with E-state index in [0.717, 1.165) is 32.1 Å². The average molecular weight is 957 g/mol. The zero-order chi connectivity index (χ0) is 49.2. The van der Waals surface area contributed by atoms with Gasteiger partial charge in [0.25, 0.3) is 0 Å². The number of aliphatic hydroxyl groups excluding tert-OH is 2. The molecule has 0 spiro atoms. The molecule has 0 heterocycles. The summed E-state index contributed by atoms with van der Waals surface area (Å²) in [4.78, 5) is 12.5. The van der Waals surface area contributed by atoms with Crippen LogP contribution in [0.15, 0.2) is 24.3 Å². The summed E-state index contributed by atoms with van der Waals surface area (Å²) in [5.41, 5.74) is 0. The first kappa shape index (κ1) is 66.9. The topological polar surface area (TPSA) is 69.6 Å². The molecular formula is C64H125NO3. The number of aliphatic hydroxyl groups is 2. The number of hydrogen-bond acceptors (Lipinski definition) is 3. The summed E-state index contributed by atoms with van der Waals surface area (Å²) in [7, 11) is 0. The van der Waals surface area contributed by atoms with Gasteiger partial charge in [0.1, 0.15) is 0 Å². The van der Waals surface area contributed by atoms with E-state index in [1.165, 1.54) is 308 Å². The number of allylic oxidation sites excluding steroid dienone is 3. The van der Waals surface area contributed by atoms with Crippen LogP contribution in [0.3, 0.4) is 0 Å². The van der Waals surface area contributed by atoms with Crippen molar-refractivity contribution in [3.8, 4) is 0 Å². The highest BCUT2D eigenvalue weighted by Gasteiger charge is 2.18. The summed E-state index contributed by atoms with van der Waals surface area (Å²) in [5.74, 6) is -0.0651. The zero-order valence-electron chi connectivity index (χ0n) is 46.7. The number of hydrogen-bond donors (Lipinski definition) is 3. The van der Waals surface area contributed by atoms with Gasteiger partial charge in [-0.2, -0.15) is 0 Å². The standard InChI is InChI=1S/C64H125NO3/c1-3-5-7-9-11-13-15-17-19-21-23-25-27-29-31-32-33-34-36-38-40-42-44-46-48-50-52-54-56-58-60-64(68)65-62(61-66)63(67)59-57-55-53-51-49-47-45-43-41-39-37-35-30-28-26-24-22-20-18-16-14-12-10-8-6-4-2/h49,51,57,59,62-63,66-67H,3-48,50,52-56,58,60-61H2,1-2H3,(H,65,68)/b51-49+,59-57+. The fourth-order valence-corrected chi connectivity index (χ4v) is 10.1. The second-order valence-corrected chi connectivity index (χ2v) is 21.8. The molecule has 404 valence electrons. The van der Waals surface area contributed by atoms with Crippen molar-refractivity contribution in [3.63, 3.8) is 0 Å². The Labute approximate surface area is 428 Å². The van der Waals surface area contributed by atoms with E-state index in [2.05, 4.69) is 31.3 Å². The van der Waals surface area contributed by atoms with Crippen molar-refractivity contribution in [1.29, 1.82) is 0 Å². The molecule has 0 saturated carbocycles. The Bertz CT molecular complexity index is 994. The molecule has 0 fully saturated rings. The van der Waals surface area contributed by atoms with E-state index in [0.29, 0.717) is 6.42 Å². The minimum atomic E-state index is -0.860. The van der Waals surface area contributed by atoms with Gasteiger partial charge in [-0.25, -0.2) is 0 Å². The molecule has 0 aromatic carbocycles. The molecule has 0 aliphatic heterocycles. The molecule has 3 N–H and O–H groups in total. The second kappa shape index (κ2) is 60.2. The molecule has 0 bridgehead atoms.